The first kappa shape index (κ1) is 14.8. The maximum Gasteiger partial charge on any atom is 0.331 e. The standard InChI is InChI=1S/C19H18O2S/c1-3-21-18(20)11-15-10-16(17-9-13(2)12-22-17)19(15)14-7-5-4-6-8-14/h4-9,11-12H,3,10H2,1-2H3. The Morgan fingerprint density at radius 2 is 2.09 bits per heavy atom. The normalized spacial score (nSPS) is 15.8. The zero-order chi connectivity index (χ0) is 15.5. The van der Waals surface area contributed by atoms with Crippen LogP contribution in [0.4, 0.5) is 0 Å². The van der Waals surface area contributed by atoms with Gasteiger partial charge in [-0.1, -0.05) is 30.3 Å². The fourth-order valence-electron chi connectivity index (χ4n) is 2.67. The van der Waals surface area contributed by atoms with Crippen molar-refractivity contribution in [3.8, 4) is 0 Å². The third kappa shape index (κ3) is 2.90. The van der Waals surface area contributed by atoms with Crippen molar-refractivity contribution in [2.24, 2.45) is 0 Å². The molecule has 0 N–H and O–H groups in total. The number of allylic oxidation sites excluding steroid dienone is 3. The molecular weight excluding hydrogens is 292 g/mol. The van der Waals surface area contributed by atoms with Crippen LogP contribution in [0.25, 0.3) is 11.1 Å². The molecule has 2 nitrogen and oxygen atoms in total. The van der Waals surface area contributed by atoms with Gasteiger partial charge in [0.1, 0.15) is 0 Å². The Balaban J connectivity index is 2.03. The molecule has 0 fully saturated rings. The van der Waals surface area contributed by atoms with Crippen LogP contribution in [-0.2, 0) is 9.53 Å². The lowest BCUT2D eigenvalue weighted by Crippen LogP contribution is -2.10. The number of thiophene rings is 1. The lowest BCUT2D eigenvalue weighted by atomic mass is 9.78. The van der Waals surface area contributed by atoms with Crippen LogP contribution < -0.4 is 0 Å². The molecule has 3 rings (SSSR count). The van der Waals surface area contributed by atoms with Gasteiger partial charge in [0.25, 0.3) is 0 Å². The molecule has 1 aliphatic rings. The van der Waals surface area contributed by atoms with Crippen LogP contribution in [0.15, 0.2) is 53.4 Å². The molecule has 0 radical (unpaired) electrons. The molecule has 1 aromatic heterocycles. The van der Waals surface area contributed by atoms with Gasteiger partial charge in [0.15, 0.2) is 0 Å². The molecular formula is C19H18O2S. The lowest BCUT2D eigenvalue weighted by Gasteiger charge is -2.27. The third-order valence-corrected chi connectivity index (χ3v) is 4.77. The Labute approximate surface area is 134 Å². The van der Waals surface area contributed by atoms with E-state index in [-0.39, 0.29) is 5.97 Å². The van der Waals surface area contributed by atoms with Gasteiger partial charge < -0.3 is 4.74 Å². The van der Waals surface area contributed by atoms with Gasteiger partial charge in [-0.2, -0.15) is 0 Å². The molecule has 0 bridgehead atoms. The minimum atomic E-state index is -0.257. The van der Waals surface area contributed by atoms with E-state index in [4.69, 9.17) is 4.74 Å². The van der Waals surface area contributed by atoms with Crippen molar-refractivity contribution in [2.45, 2.75) is 20.3 Å². The lowest BCUT2D eigenvalue weighted by molar-refractivity contribution is -0.137. The third-order valence-electron chi connectivity index (χ3n) is 3.66. The van der Waals surface area contributed by atoms with Crippen LogP contribution in [0.5, 0.6) is 0 Å². The summed E-state index contributed by atoms with van der Waals surface area (Å²) in [6, 6.07) is 12.5. The molecule has 1 heterocycles. The summed E-state index contributed by atoms with van der Waals surface area (Å²) < 4.78 is 5.04. The molecule has 0 aliphatic heterocycles. The van der Waals surface area contributed by atoms with Gasteiger partial charge in [0, 0.05) is 17.4 Å². The van der Waals surface area contributed by atoms with Crippen molar-refractivity contribution in [1.29, 1.82) is 0 Å². The SMILES string of the molecule is CCOC(=O)C=C1CC(c2cc(C)cs2)=C1c1ccccc1. The van der Waals surface area contributed by atoms with Crippen molar-refractivity contribution in [2.75, 3.05) is 6.61 Å². The molecule has 2 aromatic rings. The maximum absolute atomic E-state index is 11.8. The van der Waals surface area contributed by atoms with Crippen molar-refractivity contribution in [3.63, 3.8) is 0 Å². The van der Waals surface area contributed by atoms with Crippen molar-refractivity contribution < 1.29 is 9.53 Å². The number of ether oxygens (including phenoxy) is 1. The number of hydrogen-bond acceptors (Lipinski definition) is 3. The highest BCUT2D eigenvalue weighted by molar-refractivity contribution is 7.11. The second-order valence-corrected chi connectivity index (χ2v) is 6.22. The van der Waals surface area contributed by atoms with E-state index in [1.165, 1.54) is 21.6 Å². The van der Waals surface area contributed by atoms with Gasteiger partial charge in [-0.15, -0.1) is 11.3 Å². The highest BCUT2D eigenvalue weighted by Crippen LogP contribution is 2.48. The van der Waals surface area contributed by atoms with E-state index in [9.17, 15) is 4.79 Å². The van der Waals surface area contributed by atoms with Crippen molar-refractivity contribution in [1.82, 2.24) is 0 Å². The Morgan fingerprint density at radius 3 is 2.73 bits per heavy atom. The second-order valence-electron chi connectivity index (χ2n) is 5.31. The molecule has 1 aliphatic carbocycles. The molecule has 0 atom stereocenters. The number of benzene rings is 1. The zero-order valence-corrected chi connectivity index (χ0v) is 13.6. The van der Waals surface area contributed by atoms with Gasteiger partial charge in [-0.05, 0) is 53.1 Å². The summed E-state index contributed by atoms with van der Waals surface area (Å²) in [6.45, 7) is 4.34. The Bertz CT molecular complexity index is 751. The summed E-state index contributed by atoms with van der Waals surface area (Å²) in [5.41, 5.74) is 5.99. The minimum Gasteiger partial charge on any atom is -0.463 e. The van der Waals surface area contributed by atoms with E-state index in [1.807, 2.05) is 25.1 Å². The van der Waals surface area contributed by atoms with Gasteiger partial charge in [0.05, 0.1) is 6.61 Å². The Morgan fingerprint density at radius 1 is 1.32 bits per heavy atom. The molecule has 0 unspecified atom stereocenters. The first-order chi connectivity index (χ1) is 10.7. The fourth-order valence-corrected chi connectivity index (χ4v) is 3.62. The molecule has 0 saturated carbocycles. The van der Waals surface area contributed by atoms with Crippen LogP contribution >= 0.6 is 11.3 Å². The number of carbonyl (C=O) groups excluding carboxylic acids is 1. The summed E-state index contributed by atoms with van der Waals surface area (Å²) in [5, 5.41) is 2.16. The summed E-state index contributed by atoms with van der Waals surface area (Å²) in [6.07, 6.45) is 2.46. The monoisotopic (exact) mass is 310 g/mol. The van der Waals surface area contributed by atoms with Crippen LogP contribution in [0.2, 0.25) is 0 Å². The van der Waals surface area contributed by atoms with Gasteiger partial charge in [-0.3, -0.25) is 0 Å². The summed E-state index contributed by atoms with van der Waals surface area (Å²) >= 11 is 1.76. The van der Waals surface area contributed by atoms with E-state index in [0.29, 0.717) is 6.61 Å². The van der Waals surface area contributed by atoms with Crippen LogP contribution in [0.3, 0.4) is 0 Å². The number of rotatable bonds is 4. The highest BCUT2D eigenvalue weighted by atomic mass is 32.1. The van der Waals surface area contributed by atoms with Crippen LogP contribution in [0.1, 0.15) is 29.3 Å². The van der Waals surface area contributed by atoms with Gasteiger partial charge >= 0.3 is 5.97 Å². The molecule has 3 heteroatoms. The van der Waals surface area contributed by atoms with Gasteiger partial charge in [0.2, 0.25) is 0 Å². The molecule has 0 spiro atoms. The summed E-state index contributed by atoms with van der Waals surface area (Å²) in [7, 11) is 0. The first-order valence-corrected chi connectivity index (χ1v) is 8.28. The number of aryl methyl sites for hydroxylation is 1. The average molecular weight is 310 g/mol. The van der Waals surface area contributed by atoms with E-state index in [0.717, 1.165) is 17.6 Å². The number of carbonyl (C=O) groups is 1. The van der Waals surface area contributed by atoms with Crippen LogP contribution in [-0.4, -0.2) is 12.6 Å². The van der Waals surface area contributed by atoms with Crippen molar-refractivity contribution >= 4 is 28.5 Å². The average Bonchev–Trinajstić information content (AvgIpc) is 2.90. The van der Waals surface area contributed by atoms with E-state index >= 15 is 0 Å². The van der Waals surface area contributed by atoms with E-state index in [1.54, 1.807) is 17.4 Å². The van der Waals surface area contributed by atoms with E-state index in [2.05, 4.69) is 30.5 Å². The zero-order valence-electron chi connectivity index (χ0n) is 12.8. The molecule has 22 heavy (non-hydrogen) atoms. The Kier molecular flexibility index (Phi) is 4.25. The molecule has 112 valence electrons. The summed E-state index contributed by atoms with van der Waals surface area (Å²) in [4.78, 5) is 13.0. The molecule has 0 saturated heterocycles. The fraction of sp³-hybridized carbons (Fsp3) is 0.211. The van der Waals surface area contributed by atoms with E-state index < -0.39 is 0 Å². The highest BCUT2D eigenvalue weighted by Gasteiger charge is 2.27. The van der Waals surface area contributed by atoms with Crippen molar-refractivity contribution in [3.05, 3.63) is 69.4 Å². The first-order valence-electron chi connectivity index (χ1n) is 7.41. The quantitative estimate of drug-likeness (QED) is 0.595. The predicted octanol–water partition coefficient (Wildman–Crippen LogP) is 4.86. The molecule has 1 aromatic carbocycles. The maximum atomic E-state index is 11.8. The number of esters is 1. The predicted molar refractivity (Wildman–Crippen MR) is 91.6 cm³/mol. The smallest absolute Gasteiger partial charge is 0.331 e. The largest absolute Gasteiger partial charge is 0.463 e. The minimum absolute atomic E-state index is 0.257. The topological polar surface area (TPSA) is 26.3 Å². The summed E-state index contributed by atoms with van der Waals surface area (Å²) in [5.74, 6) is -0.257. The van der Waals surface area contributed by atoms with Crippen LogP contribution in [0, 0.1) is 6.92 Å². The molecule has 0 amide bonds. The van der Waals surface area contributed by atoms with Gasteiger partial charge in [-0.25, -0.2) is 4.79 Å². The second kappa shape index (κ2) is 6.32. The number of hydrogen-bond donors (Lipinski definition) is 0. The Hall–Kier alpha value is -2.13.